The number of hydrogen-bond donors (Lipinski definition) is 1. The van der Waals surface area contributed by atoms with Crippen molar-refractivity contribution >= 4 is 72.0 Å². The highest BCUT2D eigenvalue weighted by atomic mass is 32.1. The van der Waals surface area contributed by atoms with Crippen LogP contribution in [0, 0.1) is 5.92 Å². The number of esters is 2. The number of anilines is 1. The van der Waals surface area contributed by atoms with Gasteiger partial charge in [0.1, 0.15) is 11.5 Å². The standard InChI is InChI=1S/C31H33NO8S2/c1-17(31(36)40-5)10-23(34)29-13-19-11-18(24(37-2)15-26(19)42-29)8-9-32-21-12-20-14-28(22(33)6-7-30(35)39-4)41-27(20)16-25(21)38-3/h11-17,32H,6-10H2,1-5H3. The average Bonchev–Trinajstić information content (AvgIpc) is 3.61. The van der Waals surface area contributed by atoms with Crippen molar-refractivity contribution in [2.75, 3.05) is 40.3 Å². The fourth-order valence-electron chi connectivity index (χ4n) is 4.59. The number of Topliss-reactive ketones (excluding diaryl/α,β-unsaturated/α-hetero) is 2. The highest BCUT2D eigenvalue weighted by Gasteiger charge is 2.21. The summed E-state index contributed by atoms with van der Waals surface area (Å²) in [5.41, 5.74) is 1.77. The Hall–Kier alpha value is -3.96. The van der Waals surface area contributed by atoms with Gasteiger partial charge in [-0.3, -0.25) is 19.2 Å². The van der Waals surface area contributed by atoms with Crippen LogP contribution in [0.25, 0.3) is 20.2 Å². The number of thiophene rings is 2. The van der Waals surface area contributed by atoms with Gasteiger partial charge in [0.25, 0.3) is 0 Å². The fraction of sp³-hybridized carbons (Fsp3) is 0.355. The lowest BCUT2D eigenvalue weighted by Gasteiger charge is -2.13. The number of fused-ring (bicyclic) bond motifs is 2. The lowest BCUT2D eigenvalue weighted by molar-refractivity contribution is -0.144. The van der Waals surface area contributed by atoms with E-state index in [0.717, 1.165) is 37.2 Å². The Bertz CT molecular complexity index is 1640. The predicted octanol–water partition coefficient (Wildman–Crippen LogP) is 6.31. The van der Waals surface area contributed by atoms with Crippen LogP contribution in [0.2, 0.25) is 0 Å². The molecule has 0 aliphatic rings. The molecule has 0 radical (unpaired) electrons. The zero-order valence-electron chi connectivity index (χ0n) is 24.2. The topological polar surface area (TPSA) is 117 Å². The Labute approximate surface area is 251 Å². The van der Waals surface area contributed by atoms with Gasteiger partial charge >= 0.3 is 11.9 Å². The number of benzene rings is 2. The molecule has 2 aromatic carbocycles. The van der Waals surface area contributed by atoms with E-state index in [1.165, 1.54) is 36.9 Å². The van der Waals surface area contributed by atoms with Crippen LogP contribution < -0.4 is 14.8 Å². The van der Waals surface area contributed by atoms with Gasteiger partial charge in [-0.05, 0) is 53.1 Å². The summed E-state index contributed by atoms with van der Waals surface area (Å²) < 4.78 is 22.5. The molecule has 0 bridgehead atoms. The second-order valence-electron chi connectivity index (χ2n) is 9.74. The first-order valence-electron chi connectivity index (χ1n) is 13.3. The van der Waals surface area contributed by atoms with E-state index < -0.39 is 17.9 Å². The van der Waals surface area contributed by atoms with E-state index in [4.69, 9.17) is 14.2 Å². The van der Waals surface area contributed by atoms with Gasteiger partial charge in [-0.1, -0.05) is 6.92 Å². The molecular formula is C31H33NO8S2. The van der Waals surface area contributed by atoms with Crippen LogP contribution in [0.4, 0.5) is 5.69 Å². The van der Waals surface area contributed by atoms with Gasteiger partial charge in [-0.2, -0.15) is 0 Å². The van der Waals surface area contributed by atoms with Crippen molar-refractivity contribution in [1.82, 2.24) is 0 Å². The number of methoxy groups -OCH3 is 4. The van der Waals surface area contributed by atoms with Gasteiger partial charge in [-0.25, -0.2) is 0 Å². The van der Waals surface area contributed by atoms with Gasteiger partial charge in [0, 0.05) is 34.9 Å². The quantitative estimate of drug-likeness (QED) is 0.129. The Balaban J connectivity index is 1.47. The van der Waals surface area contributed by atoms with Crippen molar-refractivity contribution in [3.63, 3.8) is 0 Å². The SMILES string of the molecule is COC(=O)CCC(=O)c1cc2cc(NCCc3cc4cc(C(=O)CC(C)C(=O)OC)sc4cc3OC)c(OC)cc2s1. The highest BCUT2D eigenvalue weighted by Crippen LogP contribution is 2.37. The third-order valence-electron chi connectivity index (χ3n) is 6.90. The number of ketones is 2. The summed E-state index contributed by atoms with van der Waals surface area (Å²) in [7, 11) is 5.84. The Morgan fingerprint density at radius 2 is 1.38 bits per heavy atom. The zero-order valence-corrected chi connectivity index (χ0v) is 25.8. The zero-order chi connectivity index (χ0) is 30.4. The van der Waals surface area contributed by atoms with Crippen LogP contribution in [-0.2, 0) is 25.5 Å². The summed E-state index contributed by atoms with van der Waals surface area (Å²) >= 11 is 2.75. The molecule has 9 nitrogen and oxygen atoms in total. The summed E-state index contributed by atoms with van der Waals surface area (Å²) in [4.78, 5) is 49.7. The largest absolute Gasteiger partial charge is 0.496 e. The second kappa shape index (κ2) is 13.8. The van der Waals surface area contributed by atoms with Crippen molar-refractivity contribution in [1.29, 1.82) is 0 Å². The molecule has 0 aliphatic heterocycles. The van der Waals surface area contributed by atoms with E-state index in [1.807, 2.05) is 36.4 Å². The maximum Gasteiger partial charge on any atom is 0.308 e. The molecule has 1 unspecified atom stereocenters. The molecule has 2 aromatic heterocycles. The predicted molar refractivity (Wildman–Crippen MR) is 165 cm³/mol. The summed E-state index contributed by atoms with van der Waals surface area (Å²) in [6.07, 6.45) is 0.874. The number of ether oxygens (including phenoxy) is 4. The number of rotatable bonds is 14. The first kappa shape index (κ1) is 31.0. The molecule has 1 N–H and O–H groups in total. The van der Waals surface area contributed by atoms with Crippen molar-refractivity contribution in [3.8, 4) is 11.5 Å². The monoisotopic (exact) mass is 611 g/mol. The van der Waals surface area contributed by atoms with Crippen molar-refractivity contribution in [2.45, 2.75) is 32.6 Å². The molecule has 222 valence electrons. The summed E-state index contributed by atoms with van der Waals surface area (Å²) in [6.45, 7) is 2.26. The highest BCUT2D eigenvalue weighted by molar-refractivity contribution is 7.21. The van der Waals surface area contributed by atoms with Crippen LogP contribution in [0.5, 0.6) is 11.5 Å². The molecule has 0 spiro atoms. The normalized spacial score (nSPS) is 11.7. The van der Waals surface area contributed by atoms with Crippen LogP contribution in [0.1, 0.15) is 51.1 Å². The molecule has 1 atom stereocenters. The lowest BCUT2D eigenvalue weighted by Crippen LogP contribution is -2.16. The van der Waals surface area contributed by atoms with Crippen molar-refractivity contribution in [3.05, 3.63) is 51.7 Å². The molecule has 11 heteroatoms. The van der Waals surface area contributed by atoms with Gasteiger partial charge < -0.3 is 24.3 Å². The van der Waals surface area contributed by atoms with Gasteiger partial charge in [-0.15, -0.1) is 22.7 Å². The molecule has 0 saturated carbocycles. The second-order valence-corrected chi connectivity index (χ2v) is 11.9. The Kier molecular flexibility index (Phi) is 10.2. The third-order valence-corrected chi connectivity index (χ3v) is 9.17. The van der Waals surface area contributed by atoms with Crippen LogP contribution in [-0.4, -0.2) is 58.5 Å². The molecule has 0 saturated heterocycles. The first-order chi connectivity index (χ1) is 20.2. The Morgan fingerprint density at radius 3 is 2.00 bits per heavy atom. The summed E-state index contributed by atoms with van der Waals surface area (Å²) in [5.74, 6) is -0.139. The first-order valence-corrected chi connectivity index (χ1v) is 15.0. The minimum absolute atomic E-state index is 0.0482. The minimum atomic E-state index is -0.507. The number of nitrogens with one attached hydrogen (secondary N) is 1. The molecule has 0 aliphatic carbocycles. The van der Waals surface area contributed by atoms with Crippen molar-refractivity contribution < 1.29 is 38.1 Å². The third kappa shape index (κ3) is 7.08. The maximum absolute atomic E-state index is 12.8. The molecule has 0 fully saturated rings. The summed E-state index contributed by atoms with van der Waals surface area (Å²) in [5, 5.41) is 5.27. The minimum Gasteiger partial charge on any atom is -0.496 e. The van der Waals surface area contributed by atoms with E-state index in [9.17, 15) is 19.2 Å². The van der Waals surface area contributed by atoms with E-state index in [2.05, 4.69) is 10.1 Å². The summed E-state index contributed by atoms with van der Waals surface area (Å²) in [6, 6.07) is 11.5. The lowest BCUT2D eigenvalue weighted by atomic mass is 10.0. The number of carbonyl (C=O) groups excluding carboxylic acids is 4. The van der Waals surface area contributed by atoms with Crippen LogP contribution in [0.15, 0.2) is 36.4 Å². The van der Waals surface area contributed by atoms with E-state index in [1.54, 1.807) is 21.1 Å². The van der Waals surface area contributed by atoms with Gasteiger partial charge in [0.2, 0.25) is 0 Å². The number of hydrogen-bond acceptors (Lipinski definition) is 11. The van der Waals surface area contributed by atoms with E-state index in [0.29, 0.717) is 28.5 Å². The molecule has 2 heterocycles. The van der Waals surface area contributed by atoms with Crippen molar-refractivity contribution in [2.24, 2.45) is 5.92 Å². The smallest absolute Gasteiger partial charge is 0.308 e. The van der Waals surface area contributed by atoms with E-state index in [-0.39, 0.29) is 30.8 Å². The molecular weight excluding hydrogens is 578 g/mol. The maximum atomic E-state index is 12.8. The van der Waals surface area contributed by atoms with Crippen LogP contribution in [0.3, 0.4) is 0 Å². The molecule has 4 aromatic rings. The molecule has 0 amide bonds. The van der Waals surface area contributed by atoms with Gasteiger partial charge in [0.05, 0.1) is 56.2 Å². The molecule has 42 heavy (non-hydrogen) atoms. The molecule has 4 rings (SSSR count). The van der Waals surface area contributed by atoms with Crippen LogP contribution >= 0.6 is 22.7 Å². The van der Waals surface area contributed by atoms with E-state index >= 15 is 0 Å². The Morgan fingerprint density at radius 1 is 0.762 bits per heavy atom. The number of carbonyl (C=O) groups is 4. The van der Waals surface area contributed by atoms with Gasteiger partial charge in [0.15, 0.2) is 11.6 Å². The fourth-order valence-corrected chi connectivity index (χ4v) is 6.65. The average molecular weight is 612 g/mol.